The van der Waals surface area contributed by atoms with Crippen molar-refractivity contribution in [3.05, 3.63) is 65.7 Å². The normalized spacial score (nSPS) is 11.6. The fourth-order valence-corrected chi connectivity index (χ4v) is 3.21. The van der Waals surface area contributed by atoms with Gasteiger partial charge in [0.2, 0.25) is 10.0 Å². The van der Waals surface area contributed by atoms with E-state index in [0.29, 0.717) is 12.5 Å². The molecule has 0 aliphatic rings. The lowest BCUT2D eigenvalue weighted by Gasteiger charge is -2.11. The number of sulfonamides is 1. The second-order valence-electron chi connectivity index (χ2n) is 5.71. The van der Waals surface area contributed by atoms with Crippen LogP contribution in [0.4, 0.5) is 0 Å². The zero-order valence-corrected chi connectivity index (χ0v) is 18.8. The molecule has 2 aromatic carbocycles. The van der Waals surface area contributed by atoms with Crippen LogP contribution in [-0.4, -0.2) is 34.5 Å². The lowest BCUT2D eigenvalue weighted by molar-refractivity contribution is 0.588. The van der Waals surface area contributed by atoms with Crippen molar-refractivity contribution in [1.82, 2.24) is 15.4 Å². The van der Waals surface area contributed by atoms with Crippen molar-refractivity contribution >= 4 is 40.0 Å². The van der Waals surface area contributed by atoms with Crippen LogP contribution in [0, 0.1) is 0 Å². The summed E-state index contributed by atoms with van der Waals surface area (Å²) in [5.41, 5.74) is 2.10. The molecule has 0 saturated heterocycles. The van der Waals surface area contributed by atoms with Crippen LogP contribution >= 0.6 is 24.0 Å². The van der Waals surface area contributed by atoms with Crippen LogP contribution in [0.2, 0.25) is 0 Å². The zero-order valence-electron chi connectivity index (χ0n) is 15.6. The number of benzene rings is 2. The molecule has 0 heterocycles. The highest BCUT2D eigenvalue weighted by molar-refractivity contribution is 14.0. The first-order valence-electron chi connectivity index (χ1n) is 8.63. The smallest absolute Gasteiger partial charge is 0.240 e. The molecule has 2 aromatic rings. The Kier molecular flexibility index (Phi) is 10.3. The standard InChI is InChI=1S/C19H26N4O2S.HI/c1-3-21-19(22-13-12-16-8-5-4-6-9-16)23-15-17-10-7-11-18(14-17)26(24,25)20-2;/h4-11,14,20H,3,12-13,15H2,1-2H3,(H2,21,22,23);1H. The Morgan fingerprint density at radius 3 is 2.37 bits per heavy atom. The van der Waals surface area contributed by atoms with Gasteiger partial charge in [0.05, 0.1) is 11.4 Å². The summed E-state index contributed by atoms with van der Waals surface area (Å²) in [7, 11) is -2.04. The first-order valence-corrected chi connectivity index (χ1v) is 10.1. The number of aliphatic imine (C=N–C) groups is 1. The third-order valence-corrected chi connectivity index (χ3v) is 5.20. The second-order valence-corrected chi connectivity index (χ2v) is 7.60. The fraction of sp³-hybridized carbons (Fsp3) is 0.316. The number of hydrogen-bond acceptors (Lipinski definition) is 3. The molecule has 0 aliphatic carbocycles. The van der Waals surface area contributed by atoms with Crippen LogP contribution in [-0.2, 0) is 23.0 Å². The maximum absolute atomic E-state index is 11.9. The molecule has 0 aliphatic heterocycles. The average Bonchev–Trinajstić information content (AvgIpc) is 2.67. The number of hydrogen-bond donors (Lipinski definition) is 3. The molecule has 6 nitrogen and oxygen atoms in total. The summed E-state index contributed by atoms with van der Waals surface area (Å²) in [6.45, 7) is 3.93. The van der Waals surface area contributed by atoms with E-state index in [-0.39, 0.29) is 28.9 Å². The van der Waals surface area contributed by atoms with Crippen LogP contribution in [0.3, 0.4) is 0 Å². The van der Waals surface area contributed by atoms with Gasteiger partial charge in [-0.25, -0.2) is 18.1 Å². The Labute approximate surface area is 178 Å². The number of guanidine groups is 1. The molecule has 27 heavy (non-hydrogen) atoms. The first kappa shape index (κ1) is 23.4. The minimum atomic E-state index is -3.44. The maximum Gasteiger partial charge on any atom is 0.240 e. The third-order valence-electron chi connectivity index (χ3n) is 3.79. The Hall–Kier alpha value is -1.65. The van der Waals surface area contributed by atoms with E-state index in [0.717, 1.165) is 25.1 Å². The lowest BCUT2D eigenvalue weighted by Crippen LogP contribution is -2.38. The SMILES string of the molecule is CCNC(=NCc1cccc(S(=O)(=O)NC)c1)NCCc1ccccc1.I. The van der Waals surface area contributed by atoms with E-state index < -0.39 is 10.0 Å². The highest BCUT2D eigenvalue weighted by Gasteiger charge is 2.11. The van der Waals surface area contributed by atoms with Crippen molar-refractivity contribution in [2.45, 2.75) is 24.8 Å². The Bertz CT molecular complexity index is 827. The molecule has 0 aromatic heterocycles. The molecule has 0 radical (unpaired) electrons. The largest absolute Gasteiger partial charge is 0.357 e. The van der Waals surface area contributed by atoms with E-state index in [2.05, 4.69) is 32.5 Å². The summed E-state index contributed by atoms with van der Waals surface area (Å²) in [6.07, 6.45) is 0.904. The van der Waals surface area contributed by atoms with Gasteiger partial charge >= 0.3 is 0 Å². The highest BCUT2D eigenvalue weighted by Crippen LogP contribution is 2.11. The van der Waals surface area contributed by atoms with Gasteiger partial charge in [-0.3, -0.25) is 0 Å². The highest BCUT2D eigenvalue weighted by atomic mass is 127. The molecular formula is C19H27IN4O2S. The predicted octanol–water partition coefficient (Wildman–Crippen LogP) is 2.51. The van der Waals surface area contributed by atoms with Crippen LogP contribution in [0.1, 0.15) is 18.1 Å². The molecule has 0 bridgehead atoms. The van der Waals surface area contributed by atoms with Crippen LogP contribution in [0.25, 0.3) is 0 Å². The minimum absolute atomic E-state index is 0. The predicted molar refractivity (Wildman–Crippen MR) is 121 cm³/mol. The summed E-state index contributed by atoms with van der Waals surface area (Å²) < 4.78 is 26.1. The molecule has 0 amide bonds. The quantitative estimate of drug-likeness (QED) is 0.295. The summed E-state index contributed by atoms with van der Waals surface area (Å²) in [5.74, 6) is 0.713. The Morgan fingerprint density at radius 1 is 1.00 bits per heavy atom. The van der Waals surface area contributed by atoms with Gasteiger partial charge in [0, 0.05) is 13.1 Å². The molecule has 148 valence electrons. The second kappa shape index (κ2) is 11.9. The Morgan fingerprint density at radius 2 is 1.70 bits per heavy atom. The molecule has 2 rings (SSSR count). The summed E-state index contributed by atoms with van der Waals surface area (Å²) in [6, 6.07) is 17.1. The van der Waals surface area contributed by atoms with Crippen molar-refractivity contribution in [3.63, 3.8) is 0 Å². The molecule has 8 heteroatoms. The topological polar surface area (TPSA) is 82.6 Å². The van der Waals surface area contributed by atoms with Crippen molar-refractivity contribution in [3.8, 4) is 0 Å². The zero-order chi connectivity index (χ0) is 18.8. The van der Waals surface area contributed by atoms with Crippen molar-refractivity contribution in [1.29, 1.82) is 0 Å². The molecule has 0 atom stereocenters. The minimum Gasteiger partial charge on any atom is -0.357 e. The molecular weight excluding hydrogens is 475 g/mol. The van der Waals surface area contributed by atoms with Crippen LogP contribution in [0.15, 0.2) is 64.5 Å². The van der Waals surface area contributed by atoms with Gasteiger partial charge in [0.15, 0.2) is 5.96 Å². The van der Waals surface area contributed by atoms with Crippen molar-refractivity contribution in [2.75, 3.05) is 20.1 Å². The van der Waals surface area contributed by atoms with Crippen molar-refractivity contribution < 1.29 is 8.42 Å². The van der Waals surface area contributed by atoms with Gasteiger partial charge in [0.1, 0.15) is 0 Å². The molecule has 0 saturated carbocycles. The van der Waals surface area contributed by atoms with Gasteiger partial charge in [-0.2, -0.15) is 0 Å². The number of halogens is 1. The fourth-order valence-electron chi connectivity index (χ4n) is 2.41. The lowest BCUT2D eigenvalue weighted by atomic mass is 10.1. The van der Waals surface area contributed by atoms with Crippen molar-refractivity contribution in [2.24, 2.45) is 4.99 Å². The van der Waals surface area contributed by atoms with E-state index in [9.17, 15) is 8.42 Å². The first-order chi connectivity index (χ1) is 12.5. The average molecular weight is 502 g/mol. The van der Waals surface area contributed by atoms with Crippen LogP contribution in [0.5, 0.6) is 0 Å². The maximum atomic E-state index is 11.9. The van der Waals surface area contributed by atoms with E-state index >= 15 is 0 Å². The number of nitrogens with zero attached hydrogens (tertiary/aromatic N) is 1. The monoisotopic (exact) mass is 502 g/mol. The van der Waals surface area contributed by atoms with E-state index in [1.807, 2.05) is 31.2 Å². The van der Waals surface area contributed by atoms with Crippen LogP contribution < -0.4 is 15.4 Å². The van der Waals surface area contributed by atoms with E-state index in [1.54, 1.807) is 18.2 Å². The molecule has 0 fully saturated rings. The molecule has 0 unspecified atom stereocenters. The summed E-state index contributed by atoms with van der Waals surface area (Å²) in [4.78, 5) is 4.79. The van der Waals surface area contributed by atoms with Gasteiger partial charge in [0.25, 0.3) is 0 Å². The van der Waals surface area contributed by atoms with Gasteiger partial charge in [-0.05, 0) is 43.7 Å². The molecule has 0 spiro atoms. The van der Waals surface area contributed by atoms with Gasteiger partial charge < -0.3 is 10.6 Å². The third kappa shape index (κ3) is 7.86. The van der Waals surface area contributed by atoms with E-state index in [1.165, 1.54) is 12.6 Å². The number of nitrogens with one attached hydrogen (secondary N) is 3. The van der Waals surface area contributed by atoms with Gasteiger partial charge in [-0.1, -0.05) is 42.5 Å². The van der Waals surface area contributed by atoms with E-state index in [4.69, 9.17) is 0 Å². The summed E-state index contributed by atoms with van der Waals surface area (Å²) in [5, 5.41) is 6.51. The molecule has 3 N–H and O–H groups in total. The van der Waals surface area contributed by atoms with Gasteiger partial charge in [-0.15, -0.1) is 24.0 Å². The summed E-state index contributed by atoms with van der Waals surface area (Å²) >= 11 is 0. The Balaban J connectivity index is 0.00000364. The number of rotatable bonds is 8.